The lowest BCUT2D eigenvalue weighted by atomic mass is 9.97. The highest BCUT2D eigenvalue weighted by molar-refractivity contribution is 5.87. The molecule has 0 aliphatic rings. The second-order valence-corrected chi connectivity index (χ2v) is 5.00. The zero-order valence-electron chi connectivity index (χ0n) is 10.9. The van der Waals surface area contributed by atoms with Gasteiger partial charge in [-0.1, -0.05) is 62.4 Å². The first-order chi connectivity index (χ1) is 8.70. The Balaban J connectivity index is 2.31. The molecule has 0 radical (unpaired) electrons. The van der Waals surface area contributed by atoms with Gasteiger partial charge in [0.25, 0.3) is 0 Å². The van der Waals surface area contributed by atoms with E-state index in [-0.39, 0.29) is 0 Å². The maximum Gasteiger partial charge on any atom is 0.150 e. The highest BCUT2D eigenvalue weighted by Gasteiger charge is 2.04. The molecule has 0 bridgehead atoms. The van der Waals surface area contributed by atoms with E-state index >= 15 is 0 Å². The number of carbonyl (C=O) groups excluding carboxylic acids is 1. The number of hydrogen-bond acceptors (Lipinski definition) is 1. The molecule has 0 N–H and O–H groups in total. The number of benzene rings is 2. The second-order valence-electron chi connectivity index (χ2n) is 5.00. The van der Waals surface area contributed by atoms with Gasteiger partial charge in [0.2, 0.25) is 0 Å². The van der Waals surface area contributed by atoms with Crippen molar-refractivity contribution in [2.45, 2.75) is 20.3 Å². The molecule has 92 valence electrons. The first kappa shape index (κ1) is 12.6. The lowest BCUT2D eigenvalue weighted by Crippen LogP contribution is -1.94. The summed E-state index contributed by atoms with van der Waals surface area (Å²) in [5, 5.41) is 0. The van der Waals surface area contributed by atoms with Crippen LogP contribution in [0.4, 0.5) is 0 Å². The average Bonchev–Trinajstić information content (AvgIpc) is 2.39. The van der Waals surface area contributed by atoms with Crippen LogP contribution in [0.15, 0.2) is 48.5 Å². The molecule has 2 aromatic rings. The molecule has 1 nitrogen and oxygen atoms in total. The Morgan fingerprint density at radius 3 is 2.28 bits per heavy atom. The molecule has 0 unspecified atom stereocenters. The van der Waals surface area contributed by atoms with Crippen LogP contribution in [0.5, 0.6) is 0 Å². The highest BCUT2D eigenvalue weighted by atomic mass is 16.1. The Morgan fingerprint density at radius 1 is 1.00 bits per heavy atom. The van der Waals surface area contributed by atoms with Crippen LogP contribution in [0.1, 0.15) is 29.8 Å². The Labute approximate surface area is 108 Å². The molecule has 18 heavy (non-hydrogen) atoms. The van der Waals surface area contributed by atoms with E-state index in [0.717, 1.165) is 29.4 Å². The Kier molecular flexibility index (Phi) is 3.93. The zero-order valence-corrected chi connectivity index (χ0v) is 10.9. The standard InChI is InChI=1S/C17H18O/c1-13(2)11-14-7-9-15(10-8-14)17-6-4-3-5-16(17)12-18/h3-10,12-13H,11H2,1-2H3. The minimum absolute atomic E-state index is 0.665. The summed E-state index contributed by atoms with van der Waals surface area (Å²) >= 11 is 0. The number of rotatable bonds is 4. The number of aldehydes is 1. The number of carbonyl (C=O) groups is 1. The van der Waals surface area contributed by atoms with Gasteiger partial charge in [-0.2, -0.15) is 0 Å². The minimum atomic E-state index is 0.665. The van der Waals surface area contributed by atoms with Crippen molar-refractivity contribution in [1.29, 1.82) is 0 Å². The zero-order chi connectivity index (χ0) is 13.0. The second kappa shape index (κ2) is 5.63. The Bertz CT molecular complexity index is 524. The molecule has 0 saturated carbocycles. The van der Waals surface area contributed by atoms with Crippen molar-refractivity contribution in [3.05, 3.63) is 59.7 Å². The van der Waals surface area contributed by atoms with Crippen molar-refractivity contribution < 1.29 is 4.79 Å². The first-order valence-corrected chi connectivity index (χ1v) is 6.34. The molecule has 2 aromatic carbocycles. The maximum absolute atomic E-state index is 11.0. The van der Waals surface area contributed by atoms with Crippen LogP contribution in [0.25, 0.3) is 11.1 Å². The fourth-order valence-corrected chi connectivity index (χ4v) is 2.15. The Morgan fingerprint density at radius 2 is 1.67 bits per heavy atom. The SMILES string of the molecule is CC(C)Cc1ccc(-c2ccccc2C=O)cc1. The van der Waals surface area contributed by atoms with Crippen LogP contribution in [0.2, 0.25) is 0 Å². The summed E-state index contributed by atoms with van der Waals surface area (Å²) in [4.78, 5) is 11.0. The summed E-state index contributed by atoms with van der Waals surface area (Å²) in [6, 6.07) is 16.2. The van der Waals surface area contributed by atoms with Gasteiger partial charge in [0.15, 0.2) is 6.29 Å². The summed E-state index contributed by atoms with van der Waals surface area (Å²) in [5.74, 6) is 0.665. The third-order valence-electron chi connectivity index (χ3n) is 3.00. The quantitative estimate of drug-likeness (QED) is 0.723. The summed E-state index contributed by atoms with van der Waals surface area (Å²) < 4.78 is 0. The van der Waals surface area contributed by atoms with Gasteiger partial charge in [-0.05, 0) is 29.0 Å². The molecule has 0 saturated heterocycles. The van der Waals surface area contributed by atoms with Crippen LogP contribution >= 0.6 is 0 Å². The van der Waals surface area contributed by atoms with Crippen LogP contribution < -0.4 is 0 Å². The Hall–Kier alpha value is -1.89. The van der Waals surface area contributed by atoms with E-state index in [2.05, 4.69) is 38.1 Å². The van der Waals surface area contributed by atoms with Gasteiger partial charge in [0.1, 0.15) is 0 Å². The largest absolute Gasteiger partial charge is 0.298 e. The van der Waals surface area contributed by atoms with Gasteiger partial charge in [-0.15, -0.1) is 0 Å². The summed E-state index contributed by atoms with van der Waals surface area (Å²) in [7, 11) is 0. The lowest BCUT2D eigenvalue weighted by Gasteiger charge is -2.08. The predicted octanol–water partition coefficient (Wildman–Crippen LogP) is 4.36. The molecule has 0 amide bonds. The molecule has 1 heteroatoms. The van der Waals surface area contributed by atoms with E-state index in [1.54, 1.807) is 0 Å². The molecule has 0 fully saturated rings. The van der Waals surface area contributed by atoms with Gasteiger partial charge in [-0.3, -0.25) is 4.79 Å². The van der Waals surface area contributed by atoms with Crippen molar-refractivity contribution in [3.63, 3.8) is 0 Å². The minimum Gasteiger partial charge on any atom is -0.298 e. The topological polar surface area (TPSA) is 17.1 Å². The van der Waals surface area contributed by atoms with Gasteiger partial charge in [0.05, 0.1) is 0 Å². The van der Waals surface area contributed by atoms with Crippen molar-refractivity contribution in [1.82, 2.24) is 0 Å². The summed E-state index contributed by atoms with van der Waals surface area (Å²) in [6.45, 7) is 4.44. The lowest BCUT2D eigenvalue weighted by molar-refractivity contribution is 0.112. The van der Waals surface area contributed by atoms with Crippen molar-refractivity contribution in [2.24, 2.45) is 5.92 Å². The maximum atomic E-state index is 11.0. The normalized spacial score (nSPS) is 10.6. The third kappa shape index (κ3) is 2.86. The van der Waals surface area contributed by atoms with Gasteiger partial charge in [-0.25, -0.2) is 0 Å². The van der Waals surface area contributed by atoms with Gasteiger partial charge < -0.3 is 0 Å². The van der Waals surface area contributed by atoms with E-state index in [0.29, 0.717) is 5.92 Å². The molecule has 0 aliphatic heterocycles. The third-order valence-corrected chi connectivity index (χ3v) is 3.00. The van der Waals surface area contributed by atoms with Gasteiger partial charge in [0, 0.05) is 5.56 Å². The first-order valence-electron chi connectivity index (χ1n) is 6.34. The van der Waals surface area contributed by atoms with E-state index in [4.69, 9.17) is 0 Å². The molecule has 0 atom stereocenters. The van der Waals surface area contributed by atoms with Crippen molar-refractivity contribution in [2.75, 3.05) is 0 Å². The molecule has 2 rings (SSSR count). The van der Waals surface area contributed by atoms with Gasteiger partial charge >= 0.3 is 0 Å². The van der Waals surface area contributed by atoms with Crippen LogP contribution in [-0.4, -0.2) is 6.29 Å². The van der Waals surface area contributed by atoms with E-state index in [1.165, 1.54) is 5.56 Å². The van der Waals surface area contributed by atoms with Crippen LogP contribution in [0, 0.1) is 5.92 Å². The fraction of sp³-hybridized carbons (Fsp3) is 0.235. The summed E-state index contributed by atoms with van der Waals surface area (Å²) in [6.07, 6.45) is 2.01. The predicted molar refractivity (Wildman–Crippen MR) is 75.8 cm³/mol. The van der Waals surface area contributed by atoms with Crippen molar-refractivity contribution >= 4 is 6.29 Å². The van der Waals surface area contributed by atoms with E-state index in [1.807, 2.05) is 24.3 Å². The molecule has 0 heterocycles. The van der Waals surface area contributed by atoms with Crippen molar-refractivity contribution in [3.8, 4) is 11.1 Å². The van der Waals surface area contributed by atoms with Crippen LogP contribution in [-0.2, 0) is 6.42 Å². The summed E-state index contributed by atoms with van der Waals surface area (Å²) in [5.41, 5.74) is 4.19. The molecule has 0 spiro atoms. The van der Waals surface area contributed by atoms with Crippen LogP contribution in [0.3, 0.4) is 0 Å². The monoisotopic (exact) mass is 238 g/mol. The molecular weight excluding hydrogens is 220 g/mol. The van der Waals surface area contributed by atoms with E-state index < -0.39 is 0 Å². The average molecular weight is 238 g/mol. The molecular formula is C17H18O. The highest BCUT2D eigenvalue weighted by Crippen LogP contribution is 2.23. The number of hydrogen-bond donors (Lipinski definition) is 0. The molecule has 0 aromatic heterocycles. The molecule has 0 aliphatic carbocycles. The van der Waals surface area contributed by atoms with E-state index in [9.17, 15) is 4.79 Å². The fourth-order valence-electron chi connectivity index (χ4n) is 2.15. The smallest absolute Gasteiger partial charge is 0.150 e.